The van der Waals surface area contributed by atoms with Crippen LogP contribution in [-0.2, 0) is 0 Å². The van der Waals surface area contributed by atoms with Crippen molar-refractivity contribution in [2.45, 2.75) is 59.4 Å². The average molecular weight is 288 g/mol. The van der Waals surface area contributed by atoms with Crippen molar-refractivity contribution in [1.29, 1.82) is 0 Å². The van der Waals surface area contributed by atoms with Crippen molar-refractivity contribution in [3.05, 3.63) is 29.8 Å². The standard InChI is InChI=1S/C19H32N2/c1-5-18(20-6-2)16-8-10-17(11-9-16)21-14-7-12-19(3,4)13-15-21/h8-11,18,20H,5-7,12-15H2,1-4H3. The van der Waals surface area contributed by atoms with E-state index in [0.29, 0.717) is 11.5 Å². The predicted octanol–water partition coefficient (Wildman–Crippen LogP) is 4.76. The van der Waals surface area contributed by atoms with Crippen LogP contribution in [0.3, 0.4) is 0 Å². The van der Waals surface area contributed by atoms with Crippen LogP contribution in [0.2, 0.25) is 0 Å². The van der Waals surface area contributed by atoms with Gasteiger partial charge >= 0.3 is 0 Å². The van der Waals surface area contributed by atoms with Gasteiger partial charge in [0.05, 0.1) is 0 Å². The molecular formula is C19H32N2. The van der Waals surface area contributed by atoms with Crippen molar-refractivity contribution in [2.75, 3.05) is 24.5 Å². The number of hydrogen-bond acceptors (Lipinski definition) is 2. The fourth-order valence-corrected chi connectivity index (χ4v) is 3.34. The summed E-state index contributed by atoms with van der Waals surface area (Å²) in [4.78, 5) is 2.56. The van der Waals surface area contributed by atoms with E-state index < -0.39 is 0 Å². The highest BCUT2D eigenvalue weighted by molar-refractivity contribution is 5.48. The first-order valence-electron chi connectivity index (χ1n) is 8.64. The van der Waals surface area contributed by atoms with Gasteiger partial charge in [0, 0.05) is 24.8 Å². The molecule has 1 unspecified atom stereocenters. The predicted molar refractivity (Wildman–Crippen MR) is 93.0 cm³/mol. The molecule has 1 atom stereocenters. The molecule has 0 spiro atoms. The summed E-state index contributed by atoms with van der Waals surface area (Å²) in [5.74, 6) is 0. The van der Waals surface area contributed by atoms with Gasteiger partial charge in [-0.15, -0.1) is 0 Å². The van der Waals surface area contributed by atoms with Gasteiger partial charge < -0.3 is 10.2 Å². The summed E-state index contributed by atoms with van der Waals surface area (Å²) in [5, 5.41) is 3.55. The Labute approximate surface area is 130 Å². The maximum Gasteiger partial charge on any atom is 0.0366 e. The number of nitrogens with zero attached hydrogens (tertiary/aromatic N) is 1. The highest BCUT2D eigenvalue weighted by Crippen LogP contribution is 2.32. The van der Waals surface area contributed by atoms with Crippen LogP contribution >= 0.6 is 0 Å². The SMILES string of the molecule is CCNC(CC)c1ccc(N2CCCC(C)(C)CC2)cc1. The van der Waals surface area contributed by atoms with Gasteiger partial charge in [0.1, 0.15) is 0 Å². The molecule has 1 aromatic rings. The normalized spacial score (nSPS) is 20.1. The molecule has 1 saturated heterocycles. The molecule has 0 aliphatic carbocycles. The molecule has 1 aromatic carbocycles. The first kappa shape index (κ1) is 16.4. The van der Waals surface area contributed by atoms with Crippen LogP contribution in [0.5, 0.6) is 0 Å². The Morgan fingerprint density at radius 3 is 2.43 bits per heavy atom. The molecule has 1 N–H and O–H groups in total. The van der Waals surface area contributed by atoms with E-state index in [1.807, 2.05) is 0 Å². The van der Waals surface area contributed by atoms with Gasteiger partial charge in [-0.05, 0) is 55.3 Å². The van der Waals surface area contributed by atoms with Gasteiger partial charge in [-0.25, -0.2) is 0 Å². The van der Waals surface area contributed by atoms with E-state index in [0.717, 1.165) is 13.0 Å². The molecule has 2 heteroatoms. The molecule has 0 radical (unpaired) electrons. The highest BCUT2D eigenvalue weighted by Gasteiger charge is 2.23. The monoisotopic (exact) mass is 288 g/mol. The lowest BCUT2D eigenvalue weighted by atomic mass is 9.85. The van der Waals surface area contributed by atoms with Gasteiger partial charge in [0.2, 0.25) is 0 Å². The van der Waals surface area contributed by atoms with E-state index in [-0.39, 0.29) is 0 Å². The number of hydrogen-bond donors (Lipinski definition) is 1. The minimum atomic E-state index is 0.493. The Bertz CT molecular complexity index is 422. The molecule has 118 valence electrons. The van der Waals surface area contributed by atoms with Crippen molar-refractivity contribution in [3.63, 3.8) is 0 Å². The highest BCUT2D eigenvalue weighted by atomic mass is 15.1. The lowest BCUT2D eigenvalue weighted by Gasteiger charge is -2.25. The molecule has 2 rings (SSSR count). The van der Waals surface area contributed by atoms with E-state index in [1.165, 1.54) is 43.6 Å². The van der Waals surface area contributed by atoms with E-state index in [9.17, 15) is 0 Å². The number of nitrogens with one attached hydrogen (secondary N) is 1. The van der Waals surface area contributed by atoms with Crippen LogP contribution in [0.15, 0.2) is 24.3 Å². The Hall–Kier alpha value is -1.02. The minimum absolute atomic E-state index is 0.493. The topological polar surface area (TPSA) is 15.3 Å². The summed E-state index contributed by atoms with van der Waals surface area (Å²) in [5.41, 5.74) is 3.31. The molecular weight excluding hydrogens is 256 g/mol. The average Bonchev–Trinajstić information content (AvgIpc) is 2.66. The molecule has 0 aromatic heterocycles. The molecule has 1 fully saturated rings. The first-order valence-corrected chi connectivity index (χ1v) is 8.64. The zero-order valence-electron chi connectivity index (χ0n) is 14.3. The lowest BCUT2D eigenvalue weighted by molar-refractivity contribution is 0.325. The lowest BCUT2D eigenvalue weighted by Crippen LogP contribution is -2.25. The molecule has 0 amide bonds. The number of benzene rings is 1. The molecule has 2 nitrogen and oxygen atoms in total. The van der Waals surface area contributed by atoms with Crippen LogP contribution in [0.4, 0.5) is 5.69 Å². The maximum absolute atomic E-state index is 3.55. The second-order valence-corrected chi connectivity index (χ2v) is 7.11. The third kappa shape index (κ3) is 4.47. The van der Waals surface area contributed by atoms with E-state index >= 15 is 0 Å². The molecule has 1 aliphatic heterocycles. The van der Waals surface area contributed by atoms with E-state index in [1.54, 1.807) is 0 Å². The molecule has 1 aliphatic rings. The molecule has 0 bridgehead atoms. The Morgan fingerprint density at radius 2 is 1.81 bits per heavy atom. The summed E-state index contributed by atoms with van der Waals surface area (Å²) in [7, 11) is 0. The van der Waals surface area contributed by atoms with Crippen molar-refractivity contribution in [3.8, 4) is 0 Å². The second-order valence-electron chi connectivity index (χ2n) is 7.11. The zero-order valence-corrected chi connectivity index (χ0v) is 14.3. The smallest absolute Gasteiger partial charge is 0.0366 e. The summed E-state index contributed by atoms with van der Waals surface area (Å²) in [6, 6.07) is 9.73. The first-order chi connectivity index (χ1) is 10.1. The van der Waals surface area contributed by atoms with Gasteiger partial charge in [-0.3, -0.25) is 0 Å². The number of anilines is 1. The fraction of sp³-hybridized carbons (Fsp3) is 0.684. The number of rotatable bonds is 5. The van der Waals surface area contributed by atoms with Crippen molar-refractivity contribution in [2.24, 2.45) is 5.41 Å². The Kier molecular flexibility index (Phi) is 5.69. The summed E-state index contributed by atoms with van der Waals surface area (Å²) in [6.45, 7) is 12.7. The third-order valence-corrected chi connectivity index (χ3v) is 4.86. The minimum Gasteiger partial charge on any atom is -0.372 e. The maximum atomic E-state index is 3.55. The Balaban J connectivity index is 2.04. The van der Waals surface area contributed by atoms with Crippen molar-refractivity contribution in [1.82, 2.24) is 5.32 Å². The van der Waals surface area contributed by atoms with Gasteiger partial charge in [-0.1, -0.05) is 39.8 Å². The van der Waals surface area contributed by atoms with Crippen LogP contribution < -0.4 is 10.2 Å². The second kappa shape index (κ2) is 7.31. The van der Waals surface area contributed by atoms with Crippen LogP contribution in [0.25, 0.3) is 0 Å². The van der Waals surface area contributed by atoms with Gasteiger partial charge in [0.15, 0.2) is 0 Å². The van der Waals surface area contributed by atoms with Crippen molar-refractivity contribution >= 4 is 5.69 Å². The summed E-state index contributed by atoms with van der Waals surface area (Å²) >= 11 is 0. The summed E-state index contributed by atoms with van der Waals surface area (Å²) in [6.07, 6.45) is 5.10. The molecule has 0 saturated carbocycles. The molecule has 21 heavy (non-hydrogen) atoms. The zero-order chi connectivity index (χ0) is 15.3. The molecule has 1 heterocycles. The van der Waals surface area contributed by atoms with E-state index in [2.05, 4.69) is 62.2 Å². The van der Waals surface area contributed by atoms with Gasteiger partial charge in [-0.2, -0.15) is 0 Å². The third-order valence-electron chi connectivity index (χ3n) is 4.86. The van der Waals surface area contributed by atoms with Crippen LogP contribution in [0.1, 0.15) is 65.0 Å². The van der Waals surface area contributed by atoms with Crippen LogP contribution in [-0.4, -0.2) is 19.6 Å². The van der Waals surface area contributed by atoms with E-state index in [4.69, 9.17) is 0 Å². The van der Waals surface area contributed by atoms with Crippen molar-refractivity contribution < 1.29 is 0 Å². The van der Waals surface area contributed by atoms with Crippen LogP contribution in [0, 0.1) is 5.41 Å². The largest absolute Gasteiger partial charge is 0.372 e. The fourth-order valence-electron chi connectivity index (χ4n) is 3.34. The Morgan fingerprint density at radius 1 is 1.10 bits per heavy atom. The summed E-state index contributed by atoms with van der Waals surface area (Å²) < 4.78 is 0. The quantitative estimate of drug-likeness (QED) is 0.840. The van der Waals surface area contributed by atoms with Gasteiger partial charge in [0.25, 0.3) is 0 Å².